The predicted molar refractivity (Wildman–Crippen MR) is 91.5 cm³/mol. The van der Waals surface area contributed by atoms with Crippen LogP contribution in [0.15, 0.2) is 30.3 Å². The average molecular weight is 288 g/mol. The van der Waals surface area contributed by atoms with E-state index in [2.05, 4.69) is 75.2 Å². The first-order chi connectivity index (χ1) is 9.92. The molecular weight excluding hydrogens is 256 g/mol. The van der Waals surface area contributed by atoms with Gasteiger partial charge in [-0.25, -0.2) is 0 Å². The van der Waals surface area contributed by atoms with E-state index in [4.69, 9.17) is 0 Å². The molecule has 0 saturated carbocycles. The number of hydrogen-bond acceptors (Lipinski definition) is 2. The van der Waals surface area contributed by atoms with Gasteiger partial charge in [0.15, 0.2) is 0 Å². The maximum Gasteiger partial charge on any atom is 0.0535 e. The van der Waals surface area contributed by atoms with Crippen LogP contribution in [-0.4, -0.2) is 30.6 Å². The van der Waals surface area contributed by atoms with Gasteiger partial charge in [-0.3, -0.25) is 4.90 Å². The van der Waals surface area contributed by atoms with E-state index in [0.29, 0.717) is 12.0 Å². The van der Waals surface area contributed by atoms with Gasteiger partial charge in [-0.05, 0) is 37.3 Å². The second-order valence-electron chi connectivity index (χ2n) is 7.54. The Labute approximate surface area is 130 Å². The topological polar surface area (TPSA) is 15.3 Å². The smallest absolute Gasteiger partial charge is 0.0535 e. The highest BCUT2D eigenvalue weighted by Crippen LogP contribution is 2.28. The molecule has 2 unspecified atom stereocenters. The highest BCUT2D eigenvalue weighted by molar-refractivity contribution is 5.25. The van der Waals surface area contributed by atoms with Crippen molar-refractivity contribution in [3.05, 3.63) is 35.9 Å². The number of hydrogen-bond donors (Lipinski definition) is 1. The summed E-state index contributed by atoms with van der Waals surface area (Å²) in [6.45, 7) is 15.1. The summed E-state index contributed by atoms with van der Waals surface area (Å²) >= 11 is 0. The molecule has 1 aromatic carbocycles. The Morgan fingerprint density at radius 3 is 2.43 bits per heavy atom. The van der Waals surface area contributed by atoms with Gasteiger partial charge in [-0.15, -0.1) is 0 Å². The van der Waals surface area contributed by atoms with Crippen molar-refractivity contribution < 1.29 is 0 Å². The minimum Gasteiger partial charge on any atom is -0.305 e. The molecule has 2 heteroatoms. The molecule has 2 nitrogen and oxygen atoms in total. The van der Waals surface area contributed by atoms with Gasteiger partial charge in [0.05, 0.1) is 5.54 Å². The summed E-state index contributed by atoms with van der Waals surface area (Å²) in [5.41, 5.74) is 1.48. The third-order valence-electron chi connectivity index (χ3n) is 4.86. The van der Waals surface area contributed by atoms with Crippen molar-refractivity contribution in [1.29, 1.82) is 0 Å². The van der Waals surface area contributed by atoms with Crippen LogP contribution in [0.2, 0.25) is 0 Å². The summed E-state index contributed by atoms with van der Waals surface area (Å²) in [7, 11) is 0. The van der Waals surface area contributed by atoms with E-state index in [9.17, 15) is 0 Å². The molecule has 0 bridgehead atoms. The standard InChI is InChI=1S/C19H32N2/c1-15(2)11-12-21-14-19(5,17-9-7-6-8-10-17)20-13-18(21)16(3)4/h6-10,15-16,18,20H,11-14H2,1-5H3. The van der Waals surface area contributed by atoms with Crippen LogP contribution in [-0.2, 0) is 5.54 Å². The Morgan fingerprint density at radius 2 is 1.86 bits per heavy atom. The molecule has 1 aliphatic heterocycles. The van der Waals surface area contributed by atoms with Crippen molar-refractivity contribution in [1.82, 2.24) is 10.2 Å². The van der Waals surface area contributed by atoms with Gasteiger partial charge in [-0.1, -0.05) is 58.0 Å². The van der Waals surface area contributed by atoms with Gasteiger partial charge in [0.25, 0.3) is 0 Å². The lowest BCUT2D eigenvalue weighted by atomic mass is 9.86. The van der Waals surface area contributed by atoms with E-state index in [-0.39, 0.29) is 5.54 Å². The molecule has 1 saturated heterocycles. The van der Waals surface area contributed by atoms with E-state index in [1.54, 1.807) is 0 Å². The molecule has 2 rings (SSSR count). The fourth-order valence-electron chi connectivity index (χ4n) is 3.36. The van der Waals surface area contributed by atoms with Crippen LogP contribution in [0.4, 0.5) is 0 Å². The molecular formula is C19H32N2. The van der Waals surface area contributed by atoms with Gasteiger partial charge in [0.1, 0.15) is 0 Å². The van der Waals surface area contributed by atoms with E-state index in [1.807, 2.05) is 0 Å². The molecule has 0 spiro atoms. The minimum absolute atomic E-state index is 0.0730. The highest BCUT2D eigenvalue weighted by Gasteiger charge is 2.37. The molecule has 118 valence electrons. The van der Waals surface area contributed by atoms with Crippen LogP contribution in [0.25, 0.3) is 0 Å². The van der Waals surface area contributed by atoms with Gasteiger partial charge in [0.2, 0.25) is 0 Å². The number of piperazine rings is 1. The molecule has 21 heavy (non-hydrogen) atoms. The molecule has 0 aromatic heterocycles. The van der Waals surface area contributed by atoms with Crippen LogP contribution in [0.1, 0.15) is 46.6 Å². The Balaban J connectivity index is 2.14. The maximum atomic E-state index is 3.82. The summed E-state index contributed by atoms with van der Waals surface area (Å²) in [5.74, 6) is 1.47. The quantitative estimate of drug-likeness (QED) is 0.884. The second kappa shape index (κ2) is 6.93. The summed E-state index contributed by atoms with van der Waals surface area (Å²) in [6.07, 6.45) is 1.29. The molecule has 1 aromatic rings. The van der Waals surface area contributed by atoms with E-state index in [1.165, 1.54) is 18.5 Å². The Bertz CT molecular complexity index is 426. The van der Waals surface area contributed by atoms with E-state index in [0.717, 1.165) is 19.0 Å². The van der Waals surface area contributed by atoms with Gasteiger partial charge in [-0.2, -0.15) is 0 Å². The average Bonchev–Trinajstić information content (AvgIpc) is 2.46. The lowest BCUT2D eigenvalue weighted by Gasteiger charge is -2.48. The fourth-order valence-corrected chi connectivity index (χ4v) is 3.36. The Hall–Kier alpha value is -0.860. The van der Waals surface area contributed by atoms with Crippen LogP contribution in [0.3, 0.4) is 0 Å². The molecule has 1 heterocycles. The molecule has 1 fully saturated rings. The molecule has 0 amide bonds. The normalized spacial score (nSPS) is 27.5. The van der Waals surface area contributed by atoms with Crippen LogP contribution < -0.4 is 5.32 Å². The zero-order chi connectivity index (χ0) is 15.5. The van der Waals surface area contributed by atoms with Crippen LogP contribution in [0, 0.1) is 11.8 Å². The van der Waals surface area contributed by atoms with E-state index < -0.39 is 0 Å². The highest BCUT2D eigenvalue weighted by atomic mass is 15.3. The molecule has 1 N–H and O–H groups in total. The number of nitrogens with zero attached hydrogens (tertiary/aromatic N) is 1. The Morgan fingerprint density at radius 1 is 1.19 bits per heavy atom. The summed E-state index contributed by atoms with van der Waals surface area (Å²) in [4.78, 5) is 2.72. The SMILES string of the molecule is CC(C)CCN1CC(C)(c2ccccc2)NCC1C(C)C. The van der Waals surface area contributed by atoms with Gasteiger partial charge < -0.3 is 5.32 Å². The third kappa shape index (κ3) is 4.08. The number of nitrogens with one attached hydrogen (secondary N) is 1. The molecule has 0 radical (unpaired) electrons. The van der Waals surface area contributed by atoms with Crippen molar-refractivity contribution in [3.8, 4) is 0 Å². The molecule has 1 aliphatic rings. The predicted octanol–water partition coefficient (Wildman–Crippen LogP) is 3.88. The van der Waals surface area contributed by atoms with Crippen molar-refractivity contribution in [3.63, 3.8) is 0 Å². The van der Waals surface area contributed by atoms with Crippen molar-refractivity contribution in [2.24, 2.45) is 11.8 Å². The summed E-state index contributed by atoms with van der Waals surface area (Å²) in [6, 6.07) is 11.6. The summed E-state index contributed by atoms with van der Waals surface area (Å²) < 4.78 is 0. The first kappa shape index (κ1) is 16.5. The van der Waals surface area contributed by atoms with E-state index >= 15 is 0 Å². The third-order valence-corrected chi connectivity index (χ3v) is 4.86. The van der Waals surface area contributed by atoms with Gasteiger partial charge in [0, 0.05) is 19.1 Å². The van der Waals surface area contributed by atoms with Crippen molar-refractivity contribution in [2.75, 3.05) is 19.6 Å². The van der Waals surface area contributed by atoms with Crippen LogP contribution >= 0.6 is 0 Å². The molecule has 0 aliphatic carbocycles. The zero-order valence-electron chi connectivity index (χ0n) is 14.4. The number of benzene rings is 1. The maximum absolute atomic E-state index is 3.82. The Kier molecular flexibility index (Phi) is 5.45. The fraction of sp³-hybridized carbons (Fsp3) is 0.684. The molecule has 2 atom stereocenters. The van der Waals surface area contributed by atoms with Gasteiger partial charge >= 0.3 is 0 Å². The minimum atomic E-state index is 0.0730. The lowest BCUT2D eigenvalue weighted by molar-refractivity contribution is 0.0571. The van der Waals surface area contributed by atoms with Crippen molar-refractivity contribution in [2.45, 2.75) is 52.6 Å². The lowest BCUT2D eigenvalue weighted by Crippen LogP contribution is -2.62. The van der Waals surface area contributed by atoms with Crippen LogP contribution in [0.5, 0.6) is 0 Å². The monoisotopic (exact) mass is 288 g/mol. The number of rotatable bonds is 5. The first-order valence-electron chi connectivity index (χ1n) is 8.47. The first-order valence-corrected chi connectivity index (χ1v) is 8.47. The zero-order valence-corrected chi connectivity index (χ0v) is 14.4. The second-order valence-corrected chi connectivity index (χ2v) is 7.54. The summed E-state index contributed by atoms with van der Waals surface area (Å²) in [5, 5.41) is 3.82. The van der Waals surface area contributed by atoms with Crippen molar-refractivity contribution >= 4 is 0 Å². The largest absolute Gasteiger partial charge is 0.305 e.